The van der Waals surface area contributed by atoms with Gasteiger partial charge >= 0.3 is 0 Å². The fourth-order valence-electron chi connectivity index (χ4n) is 4.57. The van der Waals surface area contributed by atoms with Crippen LogP contribution in [-0.4, -0.2) is 39.0 Å². The van der Waals surface area contributed by atoms with E-state index in [1.165, 1.54) is 18.6 Å². The van der Waals surface area contributed by atoms with Crippen LogP contribution in [0.3, 0.4) is 0 Å². The van der Waals surface area contributed by atoms with Crippen molar-refractivity contribution in [2.24, 2.45) is 0 Å². The van der Waals surface area contributed by atoms with Gasteiger partial charge < -0.3 is 15.1 Å². The third-order valence-electron chi connectivity index (χ3n) is 6.45. The molecule has 2 N–H and O–H groups in total. The molecule has 0 aliphatic carbocycles. The Balaban J connectivity index is 1.52. The van der Waals surface area contributed by atoms with Gasteiger partial charge in [0.2, 0.25) is 5.95 Å². The van der Waals surface area contributed by atoms with E-state index in [0.717, 1.165) is 19.0 Å². The lowest BCUT2D eigenvalue weighted by molar-refractivity contribution is -0.00778. The predicted molar refractivity (Wildman–Crippen MR) is 122 cm³/mol. The second-order valence-electron chi connectivity index (χ2n) is 9.66. The molecule has 1 aliphatic rings. The standard InChI is InChI=1S/C24H29F2N5O/c1-23(2)11-17(12-24(3,4)31(23)5)28-21-20(26)13-27-22(30-21)29-16-6-7-18(19(25)10-16)15-8-9-32-14-15/h6-10,13-14,17H,11-12H2,1-5H3,(H2,27,28,29,30). The van der Waals surface area contributed by atoms with Gasteiger partial charge in [-0.2, -0.15) is 4.98 Å². The summed E-state index contributed by atoms with van der Waals surface area (Å²) in [6, 6.07) is 6.46. The molecule has 0 atom stereocenters. The van der Waals surface area contributed by atoms with E-state index in [0.29, 0.717) is 16.8 Å². The van der Waals surface area contributed by atoms with E-state index in [-0.39, 0.29) is 28.9 Å². The summed E-state index contributed by atoms with van der Waals surface area (Å²) in [6.45, 7) is 8.75. The molecule has 4 rings (SSSR count). The summed E-state index contributed by atoms with van der Waals surface area (Å²) in [7, 11) is 2.13. The van der Waals surface area contributed by atoms with Crippen molar-refractivity contribution in [1.82, 2.24) is 14.9 Å². The quantitative estimate of drug-likeness (QED) is 0.520. The summed E-state index contributed by atoms with van der Waals surface area (Å²) in [5, 5.41) is 6.23. The van der Waals surface area contributed by atoms with Crippen LogP contribution in [0.1, 0.15) is 40.5 Å². The minimum atomic E-state index is -0.522. The Labute approximate surface area is 187 Å². The van der Waals surface area contributed by atoms with Gasteiger partial charge in [0.25, 0.3) is 0 Å². The van der Waals surface area contributed by atoms with Gasteiger partial charge in [-0.3, -0.25) is 4.90 Å². The fourth-order valence-corrected chi connectivity index (χ4v) is 4.57. The molecule has 1 aromatic carbocycles. The third kappa shape index (κ3) is 4.46. The SMILES string of the molecule is CN1C(C)(C)CC(Nc2nc(Nc3ccc(-c4ccoc4)c(F)c3)ncc2F)CC1(C)C. The number of nitrogens with one attached hydrogen (secondary N) is 2. The van der Waals surface area contributed by atoms with Gasteiger partial charge in [-0.05, 0) is 71.8 Å². The van der Waals surface area contributed by atoms with Gasteiger partial charge in [0.1, 0.15) is 5.82 Å². The topological polar surface area (TPSA) is 66.2 Å². The highest BCUT2D eigenvalue weighted by Gasteiger charge is 2.43. The Kier molecular flexibility index (Phi) is 5.67. The number of furan rings is 1. The van der Waals surface area contributed by atoms with E-state index in [1.54, 1.807) is 18.2 Å². The smallest absolute Gasteiger partial charge is 0.229 e. The number of rotatable bonds is 5. The highest BCUT2D eigenvalue weighted by molar-refractivity contribution is 5.67. The molecule has 0 unspecified atom stereocenters. The molecule has 1 saturated heterocycles. The molecule has 1 fully saturated rings. The molecule has 0 spiro atoms. The van der Waals surface area contributed by atoms with Crippen LogP contribution in [0.2, 0.25) is 0 Å². The first kappa shape index (κ1) is 22.2. The second-order valence-corrected chi connectivity index (χ2v) is 9.66. The lowest BCUT2D eigenvalue weighted by atomic mass is 9.77. The van der Waals surface area contributed by atoms with Crippen LogP contribution in [0.4, 0.5) is 26.2 Å². The zero-order valence-electron chi connectivity index (χ0n) is 19.0. The largest absolute Gasteiger partial charge is 0.472 e. The second kappa shape index (κ2) is 8.16. The van der Waals surface area contributed by atoms with Crippen molar-refractivity contribution in [2.45, 2.75) is 57.7 Å². The minimum absolute atomic E-state index is 0.0434. The first-order chi connectivity index (χ1) is 15.0. The zero-order chi connectivity index (χ0) is 23.1. The highest BCUT2D eigenvalue weighted by atomic mass is 19.1. The Morgan fingerprint density at radius 3 is 2.41 bits per heavy atom. The van der Waals surface area contributed by atoms with Crippen molar-refractivity contribution in [3.8, 4) is 11.1 Å². The monoisotopic (exact) mass is 441 g/mol. The molecule has 0 amide bonds. The van der Waals surface area contributed by atoms with Crippen molar-refractivity contribution in [2.75, 3.05) is 17.7 Å². The Hall–Kier alpha value is -3.00. The number of piperidine rings is 1. The lowest BCUT2D eigenvalue weighted by Crippen LogP contribution is -2.61. The third-order valence-corrected chi connectivity index (χ3v) is 6.45. The summed E-state index contributed by atoms with van der Waals surface area (Å²) < 4.78 is 34.1. The molecule has 32 heavy (non-hydrogen) atoms. The molecule has 3 heterocycles. The maximum atomic E-state index is 14.5. The number of anilines is 3. The molecule has 0 saturated carbocycles. The molecule has 2 aromatic heterocycles. The fraction of sp³-hybridized carbons (Fsp3) is 0.417. The summed E-state index contributed by atoms with van der Waals surface area (Å²) in [6.07, 6.45) is 5.80. The van der Waals surface area contributed by atoms with E-state index in [2.05, 4.69) is 60.2 Å². The van der Waals surface area contributed by atoms with Crippen LogP contribution in [0.15, 0.2) is 47.4 Å². The normalized spacial score (nSPS) is 18.5. The maximum absolute atomic E-state index is 14.5. The van der Waals surface area contributed by atoms with E-state index in [9.17, 15) is 8.78 Å². The van der Waals surface area contributed by atoms with Crippen LogP contribution >= 0.6 is 0 Å². The van der Waals surface area contributed by atoms with Gasteiger partial charge in [-0.15, -0.1) is 0 Å². The molecule has 3 aromatic rings. The van der Waals surface area contributed by atoms with E-state index in [1.807, 2.05) is 0 Å². The Morgan fingerprint density at radius 2 is 1.78 bits per heavy atom. The lowest BCUT2D eigenvalue weighted by Gasteiger charge is -2.53. The van der Waals surface area contributed by atoms with Crippen molar-refractivity contribution in [3.05, 3.63) is 54.6 Å². The van der Waals surface area contributed by atoms with E-state index < -0.39 is 11.6 Å². The Morgan fingerprint density at radius 1 is 1.06 bits per heavy atom. The average molecular weight is 442 g/mol. The molecule has 8 heteroatoms. The average Bonchev–Trinajstić information content (AvgIpc) is 3.23. The van der Waals surface area contributed by atoms with Crippen LogP contribution in [-0.2, 0) is 0 Å². The summed E-state index contributed by atoms with van der Waals surface area (Å²) >= 11 is 0. The van der Waals surface area contributed by atoms with Gasteiger partial charge in [-0.25, -0.2) is 13.8 Å². The van der Waals surface area contributed by atoms with Crippen molar-refractivity contribution in [1.29, 1.82) is 0 Å². The van der Waals surface area contributed by atoms with Gasteiger partial charge in [-0.1, -0.05) is 0 Å². The maximum Gasteiger partial charge on any atom is 0.229 e. The van der Waals surface area contributed by atoms with Gasteiger partial charge in [0.15, 0.2) is 11.6 Å². The van der Waals surface area contributed by atoms with E-state index in [4.69, 9.17) is 4.42 Å². The predicted octanol–water partition coefficient (Wildman–Crippen LogP) is 5.82. The molecule has 0 radical (unpaired) electrons. The molecule has 6 nitrogen and oxygen atoms in total. The highest BCUT2D eigenvalue weighted by Crippen LogP contribution is 2.38. The van der Waals surface area contributed by atoms with Crippen molar-refractivity contribution >= 4 is 17.5 Å². The number of aromatic nitrogens is 2. The van der Waals surface area contributed by atoms with Gasteiger partial charge in [0.05, 0.1) is 18.7 Å². The van der Waals surface area contributed by atoms with Crippen LogP contribution in [0.25, 0.3) is 11.1 Å². The number of likely N-dealkylation sites (tertiary alicyclic amines) is 1. The summed E-state index contributed by atoms with van der Waals surface area (Å²) in [5.41, 5.74) is 1.46. The number of hydrogen-bond acceptors (Lipinski definition) is 6. The number of hydrogen-bond donors (Lipinski definition) is 2. The van der Waals surface area contributed by atoms with Crippen molar-refractivity contribution < 1.29 is 13.2 Å². The minimum Gasteiger partial charge on any atom is -0.472 e. The van der Waals surface area contributed by atoms with Crippen molar-refractivity contribution in [3.63, 3.8) is 0 Å². The first-order valence-corrected chi connectivity index (χ1v) is 10.7. The van der Waals surface area contributed by atoms with Crippen LogP contribution < -0.4 is 10.6 Å². The van der Waals surface area contributed by atoms with Gasteiger partial charge in [0, 0.05) is 33.9 Å². The number of halogens is 2. The molecular weight excluding hydrogens is 412 g/mol. The molecule has 0 bridgehead atoms. The first-order valence-electron chi connectivity index (χ1n) is 10.7. The molecular formula is C24H29F2N5O. The summed E-state index contributed by atoms with van der Waals surface area (Å²) in [5.74, 6) is -0.603. The zero-order valence-corrected chi connectivity index (χ0v) is 19.0. The molecule has 1 aliphatic heterocycles. The molecule has 170 valence electrons. The van der Waals surface area contributed by atoms with Crippen LogP contribution in [0.5, 0.6) is 0 Å². The number of nitrogens with zero attached hydrogens (tertiary/aromatic N) is 3. The number of benzene rings is 1. The van der Waals surface area contributed by atoms with E-state index >= 15 is 0 Å². The van der Waals surface area contributed by atoms with Crippen LogP contribution in [0, 0.1) is 11.6 Å². The Bertz CT molecular complexity index is 1080. The summed E-state index contributed by atoms with van der Waals surface area (Å²) in [4.78, 5) is 10.7.